The molecule has 0 aliphatic rings. The predicted molar refractivity (Wildman–Crippen MR) is 63.5 cm³/mol. The van der Waals surface area contributed by atoms with Crippen LogP contribution in [0.4, 0.5) is 0 Å². The van der Waals surface area contributed by atoms with Gasteiger partial charge in [-0.3, -0.25) is 0 Å². The minimum atomic E-state index is 0.719. The van der Waals surface area contributed by atoms with Crippen LogP contribution in [0.1, 0.15) is 5.69 Å². The molecule has 0 amide bonds. The van der Waals surface area contributed by atoms with Crippen LogP contribution >= 0.6 is 11.6 Å². The van der Waals surface area contributed by atoms with Crippen molar-refractivity contribution in [1.29, 1.82) is 0 Å². The molecule has 0 unspecified atom stereocenters. The molecule has 0 saturated heterocycles. The topological polar surface area (TPSA) is 41.8 Å². The molecular weight excluding hydrogens is 224 g/mol. The third-order valence-electron chi connectivity index (χ3n) is 2.59. The summed E-state index contributed by atoms with van der Waals surface area (Å²) >= 11 is 6.13. The lowest BCUT2D eigenvalue weighted by molar-refractivity contribution is 0.450. The molecule has 1 N–H and O–H groups in total. The third kappa shape index (κ3) is 1.32. The number of fused-ring (bicyclic) bond motifs is 1. The quantitative estimate of drug-likeness (QED) is 0.694. The molecule has 0 spiro atoms. The molecule has 3 aromatic rings. The van der Waals surface area contributed by atoms with Crippen molar-refractivity contribution in [3.63, 3.8) is 0 Å². The van der Waals surface area contributed by atoms with E-state index in [2.05, 4.69) is 10.1 Å². The number of hydrogen-bond donors (Lipinski definition) is 1. The molecule has 4 heteroatoms. The van der Waals surface area contributed by atoms with Crippen LogP contribution in [0.3, 0.4) is 0 Å². The lowest BCUT2D eigenvalue weighted by Crippen LogP contribution is -1.79. The van der Waals surface area contributed by atoms with E-state index < -0.39 is 0 Å². The first-order valence-electron chi connectivity index (χ1n) is 4.95. The van der Waals surface area contributed by atoms with Gasteiger partial charge in [0.05, 0.1) is 5.69 Å². The molecule has 2 aromatic heterocycles. The van der Waals surface area contributed by atoms with E-state index in [0.717, 1.165) is 33.1 Å². The third-order valence-corrected chi connectivity index (χ3v) is 2.92. The van der Waals surface area contributed by atoms with E-state index in [1.807, 2.05) is 37.3 Å². The zero-order valence-electron chi connectivity index (χ0n) is 8.62. The molecule has 3 rings (SSSR count). The van der Waals surface area contributed by atoms with E-state index in [-0.39, 0.29) is 0 Å². The number of H-pyrrole nitrogens is 1. The van der Waals surface area contributed by atoms with Crippen molar-refractivity contribution in [1.82, 2.24) is 10.1 Å². The molecule has 0 aliphatic heterocycles. The lowest BCUT2D eigenvalue weighted by Gasteiger charge is -1.99. The van der Waals surface area contributed by atoms with Crippen LogP contribution in [0.15, 0.2) is 34.9 Å². The summed E-state index contributed by atoms with van der Waals surface area (Å²) in [6.45, 7) is 1.90. The molecular formula is C12H9ClN2O. The normalized spacial score (nSPS) is 11.1. The van der Waals surface area contributed by atoms with Gasteiger partial charge in [0.1, 0.15) is 11.2 Å². The number of aryl methyl sites for hydroxylation is 1. The van der Waals surface area contributed by atoms with Gasteiger partial charge in [-0.15, -0.1) is 0 Å². The largest absolute Gasteiger partial charge is 0.354 e. The fourth-order valence-electron chi connectivity index (χ4n) is 1.76. The molecule has 16 heavy (non-hydrogen) atoms. The van der Waals surface area contributed by atoms with Crippen molar-refractivity contribution in [2.24, 2.45) is 0 Å². The van der Waals surface area contributed by atoms with E-state index in [1.54, 1.807) is 0 Å². The molecule has 3 nitrogen and oxygen atoms in total. The van der Waals surface area contributed by atoms with Crippen LogP contribution in [-0.2, 0) is 0 Å². The molecule has 0 fully saturated rings. The second kappa shape index (κ2) is 3.39. The summed E-state index contributed by atoms with van der Waals surface area (Å²) < 4.78 is 5.17. The molecule has 0 bridgehead atoms. The molecule has 1 aromatic carbocycles. The summed E-state index contributed by atoms with van der Waals surface area (Å²) in [6, 6.07) is 9.61. The average molecular weight is 233 g/mol. The average Bonchev–Trinajstić information content (AvgIpc) is 2.82. The number of hydrogen-bond acceptors (Lipinski definition) is 2. The minimum Gasteiger partial charge on any atom is -0.354 e. The van der Waals surface area contributed by atoms with Crippen LogP contribution in [0.25, 0.3) is 22.4 Å². The number of aromatic amines is 1. The van der Waals surface area contributed by atoms with E-state index in [1.165, 1.54) is 0 Å². The van der Waals surface area contributed by atoms with Gasteiger partial charge in [0, 0.05) is 16.7 Å². The van der Waals surface area contributed by atoms with Crippen LogP contribution in [0.2, 0.25) is 5.02 Å². The van der Waals surface area contributed by atoms with Gasteiger partial charge in [-0.25, -0.2) is 0 Å². The van der Waals surface area contributed by atoms with E-state index in [0.29, 0.717) is 0 Å². The van der Waals surface area contributed by atoms with Gasteiger partial charge >= 0.3 is 0 Å². The van der Waals surface area contributed by atoms with Gasteiger partial charge in [0.25, 0.3) is 0 Å². The van der Waals surface area contributed by atoms with Crippen LogP contribution in [-0.4, -0.2) is 10.1 Å². The number of rotatable bonds is 1. The van der Waals surface area contributed by atoms with Gasteiger partial charge in [-0.2, -0.15) is 0 Å². The second-order valence-corrected chi connectivity index (χ2v) is 4.08. The van der Waals surface area contributed by atoms with Crippen molar-refractivity contribution >= 4 is 22.7 Å². The highest BCUT2D eigenvalue weighted by Crippen LogP contribution is 2.30. The Hall–Kier alpha value is -1.74. The Kier molecular flexibility index (Phi) is 2.01. The van der Waals surface area contributed by atoms with Crippen molar-refractivity contribution in [3.8, 4) is 11.3 Å². The van der Waals surface area contributed by atoms with E-state index >= 15 is 0 Å². The van der Waals surface area contributed by atoms with E-state index in [9.17, 15) is 0 Å². The van der Waals surface area contributed by atoms with Crippen molar-refractivity contribution in [3.05, 3.63) is 41.0 Å². The molecule has 2 heterocycles. The summed E-state index contributed by atoms with van der Waals surface area (Å²) in [7, 11) is 0. The Balaban J connectivity index is 2.23. The standard InChI is InChI=1S/C12H9ClN2O/c1-7-12-11(16-15-7)6-10(14-12)8-4-2-3-5-9(8)13/h2-6,14H,1H3. The number of aromatic nitrogens is 2. The SMILES string of the molecule is Cc1noc2cc(-c3ccccc3Cl)[nH]c12. The molecule has 0 radical (unpaired) electrons. The maximum atomic E-state index is 6.13. The Morgan fingerprint density at radius 3 is 2.88 bits per heavy atom. The van der Waals surface area contributed by atoms with Crippen molar-refractivity contribution < 1.29 is 4.52 Å². The molecule has 0 saturated carbocycles. The fourth-order valence-corrected chi connectivity index (χ4v) is 2.00. The monoisotopic (exact) mass is 232 g/mol. The molecule has 0 atom stereocenters. The number of nitrogens with zero attached hydrogens (tertiary/aromatic N) is 1. The van der Waals surface area contributed by atoms with Gasteiger partial charge in [0.15, 0.2) is 5.58 Å². The smallest absolute Gasteiger partial charge is 0.185 e. The zero-order chi connectivity index (χ0) is 11.1. The Morgan fingerprint density at radius 2 is 2.12 bits per heavy atom. The van der Waals surface area contributed by atoms with Gasteiger partial charge in [-0.1, -0.05) is 35.0 Å². The lowest BCUT2D eigenvalue weighted by atomic mass is 10.1. The minimum absolute atomic E-state index is 0.719. The Morgan fingerprint density at radius 1 is 1.31 bits per heavy atom. The molecule has 80 valence electrons. The zero-order valence-corrected chi connectivity index (χ0v) is 9.38. The Bertz CT molecular complexity index is 654. The highest BCUT2D eigenvalue weighted by Gasteiger charge is 2.11. The summed E-state index contributed by atoms with van der Waals surface area (Å²) in [4.78, 5) is 3.26. The maximum Gasteiger partial charge on any atom is 0.185 e. The van der Waals surface area contributed by atoms with Crippen molar-refractivity contribution in [2.45, 2.75) is 6.92 Å². The highest BCUT2D eigenvalue weighted by molar-refractivity contribution is 6.33. The number of benzene rings is 1. The summed E-state index contributed by atoms with van der Waals surface area (Å²) in [5, 5.41) is 4.59. The van der Waals surface area contributed by atoms with Crippen LogP contribution in [0, 0.1) is 6.92 Å². The second-order valence-electron chi connectivity index (χ2n) is 3.67. The van der Waals surface area contributed by atoms with Gasteiger partial charge in [0.2, 0.25) is 0 Å². The van der Waals surface area contributed by atoms with E-state index in [4.69, 9.17) is 16.1 Å². The molecule has 0 aliphatic carbocycles. The fraction of sp³-hybridized carbons (Fsp3) is 0.0833. The number of nitrogens with one attached hydrogen (secondary N) is 1. The van der Waals surface area contributed by atoms with Crippen molar-refractivity contribution in [2.75, 3.05) is 0 Å². The van der Waals surface area contributed by atoms with Gasteiger partial charge < -0.3 is 9.51 Å². The first kappa shape index (κ1) is 9.48. The first-order chi connectivity index (χ1) is 7.75. The number of halogens is 1. The van der Waals surface area contributed by atoms with Gasteiger partial charge in [-0.05, 0) is 13.0 Å². The predicted octanol–water partition coefficient (Wildman–Crippen LogP) is 3.78. The summed E-state index contributed by atoms with van der Waals surface area (Å²) in [6.07, 6.45) is 0. The summed E-state index contributed by atoms with van der Waals surface area (Å²) in [5.74, 6) is 0. The van der Waals surface area contributed by atoms with Crippen LogP contribution in [0.5, 0.6) is 0 Å². The first-order valence-corrected chi connectivity index (χ1v) is 5.33. The maximum absolute atomic E-state index is 6.13. The summed E-state index contributed by atoms with van der Waals surface area (Å²) in [5.41, 5.74) is 4.45. The van der Waals surface area contributed by atoms with Crippen LogP contribution < -0.4 is 0 Å². The Labute approximate surface area is 97.0 Å². The highest BCUT2D eigenvalue weighted by atomic mass is 35.5.